The van der Waals surface area contributed by atoms with E-state index in [1.54, 1.807) is 42.5 Å². The van der Waals surface area contributed by atoms with Crippen molar-refractivity contribution in [2.24, 2.45) is 0 Å². The number of benzene rings is 2. The Balaban J connectivity index is 1.88. The van der Waals surface area contributed by atoms with E-state index >= 15 is 0 Å². The highest BCUT2D eigenvalue weighted by Gasteiger charge is 2.10. The Kier molecular flexibility index (Phi) is 4.95. The number of rotatable bonds is 4. The van der Waals surface area contributed by atoms with Gasteiger partial charge in [-0.2, -0.15) is 0 Å². The molecule has 0 aromatic heterocycles. The second-order valence-corrected chi connectivity index (χ2v) is 4.94. The third-order valence-corrected chi connectivity index (χ3v) is 2.93. The summed E-state index contributed by atoms with van der Waals surface area (Å²) in [5.41, 5.74) is 1.93. The van der Waals surface area contributed by atoms with Gasteiger partial charge < -0.3 is 10.1 Å². The molecule has 0 bridgehead atoms. The van der Waals surface area contributed by atoms with Gasteiger partial charge in [-0.15, -0.1) is 0 Å². The minimum absolute atomic E-state index is 0.348. The second-order valence-electron chi connectivity index (χ2n) is 4.50. The van der Waals surface area contributed by atoms with Crippen LogP contribution in [-0.4, -0.2) is 18.5 Å². The molecule has 0 saturated heterocycles. The van der Waals surface area contributed by atoms with Crippen LogP contribution in [0.25, 0.3) is 0 Å². The molecular formula is C16H14ClNO3. The van der Waals surface area contributed by atoms with Crippen molar-refractivity contribution in [1.29, 1.82) is 0 Å². The molecule has 0 fully saturated rings. The van der Waals surface area contributed by atoms with E-state index in [2.05, 4.69) is 5.32 Å². The van der Waals surface area contributed by atoms with Gasteiger partial charge >= 0.3 is 5.97 Å². The molecule has 21 heavy (non-hydrogen) atoms. The molecule has 0 spiro atoms. The first-order valence-corrected chi connectivity index (χ1v) is 6.71. The van der Waals surface area contributed by atoms with Gasteiger partial charge in [-0.3, -0.25) is 4.79 Å². The first kappa shape index (κ1) is 15.1. The number of esters is 1. The lowest BCUT2D eigenvalue weighted by Crippen LogP contribution is -2.20. The number of hydrogen-bond acceptors (Lipinski definition) is 3. The molecule has 0 heterocycles. The molecule has 0 saturated carbocycles. The Morgan fingerprint density at radius 2 is 1.90 bits per heavy atom. The van der Waals surface area contributed by atoms with Crippen LogP contribution < -0.4 is 5.32 Å². The van der Waals surface area contributed by atoms with Crippen molar-refractivity contribution in [2.45, 2.75) is 6.92 Å². The lowest BCUT2D eigenvalue weighted by Gasteiger charge is -2.07. The third-order valence-electron chi connectivity index (χ3n) is 2.70. The SMILES string of the molecule is Cc1cccc(C(=O)OCC(=O)Nc2cccc(Cl)c2)c1. The summed E-state index contributed by atoms with van der Waals surface area (Å²) >= 11 is 5.81. The summed E-state index contributed by atoms with van der Waals surface area (Å²) in [5.74, 6) is -0.946. The standard InChI is InChI=1S/C16H14ClNO3/c1-11-4-2-5-12(8-11)16(20)21-10-15(19)18-14-7-3-6-13(17)9-14/h2-9H,10H2,1H3,(H,18,19). The molecule has 108 valence electrons. The number of halogens is 1. The smallest absolute Gasteiger partial charge is 0.338 e. The highest BCUT2D eigenvalue weighted by atomic mass is 35.5. The number of ether oxygens (including phenoxy) is 1. The number of nitrogens with one attached hydrogen (secondary N) is 1. The number of hydrogen-bond donors (Lipinski definition) is 1. The highest BCUT2D eigenvalue weighted by Crippen LogP contribution is 2.14. The third kappa shape index (κ3) is 4.61. The predicted octanol–water partition coefficient (Wildman–Crippen LogP) is 3.44. The molecule has 0 aliphatic rings. The van der Waals surface area contributed by atoms with Crippen LogP contribution in [0.4, 0.5) is 5.69 Å². The van der Waals surface area contributed by atoms with Gasteiger partial charge in [0.25, 0.3) is 5.91 Å². The minimum Gasteiger partial charge on any atom is -0.452 e. The van der Waals surface area contributed by atoms with Gasteiger partial charge in [-0.1, -0.05) is 35.4 Å². The van der Waals surface area contributed by atoms with Crippen molar-refractivity contribution in [1.82, 2.24) is 0 Å². The van der Waals surface area contributed by atoms with Gasteiger partial charge in [0.1, 0.15) is 0 Å². The Hall–Kier alpha value is -2.33. The van der Waals surface area contributed by atoms with Crippen LogP contribution in [0.15, 0.2) is 48.5 Å². The number of anilines is 1. The zero-order valence-electron chi connectivity index (χ0n) is 11.4. The van der Waals surface area contributed by atoms with Crippen molar-refractivity contribution in [3.05, 3.63) is 64.7 Å². The topological polar surface area (TPSA) is 55.4 Å². The Morgan fingerprint density at radius 3 is 2.62 bits per heavy atom. The summed E-state index contributed by atoms with van der Waals surface area (Å²) in [4.78, 5) is 23.5. The average molecular weight is 304 g/mol. The van der Waals surface area contributed by atoms with E-state index in [0.29, 0.717) is 16.3 Å². The van der Waals surface area contributed by atoms with Crippen LogP contribution >= 0.6 is 11.6 Å². The predicted molar refractivity (Wildman–Crippen MR) is 81.5 cm³/mol. The van der Waals surface area contributed by atoms with E-state index in [1.807, 2.05) is 13.0 Å². The van der Waals surface area contributed by atoms with Gasteiger partial charge in [-0.05, 0) is 37.3 Å². The first-order chi connectivity index (χ1) is 10.0. The maximum Gasteiger partial charge on any atom is 0.338 e. The maximum absolute atomic E-state index is 11.8. The second kappa shape index (κ2) is 6.90. The zero-order chi connectivity index (χ0) is 15.2. The first-order valence-electron chi connectivity index (χ1n) is 6.34. The molecule has 1 N–H and O–H groups in total. The summed E-state index contributed by atoms with van der Waals surface area (Å²) in [5, 5.41) is 3.12. The summed E-state index contributed by atoms with van der Waals surface area (Å²) in [6, 6.07) is 13.7. The molecule has 1 amide bonds. The van der Waals surface area contributed by atoms with Crippen LogP contribution in [0, 0.1) is 6.92 Å². The fourth-order valence-corrected chi connectivity index (χ4v) is 1.94. The number of amides is 1. The maximum atomic E-state index is 11.8. The fraction of sp³-hybridized carbons (Fsp3) is 0.125. The molecule has 0 radical (unpaired) electrons. The largest absolute Gasteiger partial charge is 0.452 e. The van der Waals surface area contributed by atoms with Crippen LogP contribution in [0.1, 0.15) is 15.9 Å². The molecule has 5 heteroatoms. The van der Waals surface area contributed by atoms with E-state index in [0.717, 1.165) is 5.56 Å². The average Bonchev–Trinajstić information content (AvgIpc) is 2.45. The zero-order valence-corrected chi connectivity index (χ0v) is 12.2. The van der Waals surface area contributed by atoms with E-state index in [9.17, 15) is 9.59 Å². The van der Waals surface area contributed by atoms with Gasteiger partial charge in [0.2, 0.25) is 0 Å². The molecule has 2 aromatic rings. The van der Waals surface area contributed by atoms with Crippen LogP contribution in [-0.2, 0) is 9.53 Å². The molecule has 2 aromatic carbocycles. The molecule has 2 rings (SSSR count). The summed E-state index contributed by atoms with van der Waals surface area (Å²) in [6.45, 7) is 1.53. The Morgan fingerprint density at radius 1 is 1.14 bits per heavy atom. The number of carbonyl (C=O) groups is 2. The molecule has 4 nitrogen and oxygen atoms in total. The van der Waals surface area contributed by atoms with Gasteiger partial charge in [-0.25, -0.2) is 4.79 Å². The highest BCUT2D eigenvalue weighted by molar-refractivity contribution is 6.30. The van der Waals surface area contributed by atoms with Crippen LogP contribution in [0.2, 0.25) is 5.02 Å². The van der Waals surface area contributed by atoms with Gasteiger partial charge in [0.15, 0.2) is 6.61 Å². The van der Waals surface area contributed by atoms with Crippen molar-refractivity contribution in [3.8, 4) is 0 Å². The Bertz CT molecular complexity index is 670. The molecule has 0 aliphatic heterocycles. The molecular weight excluding hydrogens is 290 g/mol. The fourth-order valence-electron chi connectivity index (χ4n) is 1.75. The Labute approximate surface area is 127 Å². The van der Waals surface area contributed by atoms with Crippen LogP contribution in [0.3, 0.4) is 0 Å². The van der Waals surface area contributed by atoms with E-state index in [4.69, 9.17) is 16.3 Å². The van der Waals surface area contributed by atoms with Crippen molar-refractivity contribution < 1.29 is 14.3 Å². The van der Waals surface area contributed by atoms with E-state index in [-0.39, 0.29) is 6.61 Å². The van der Waals surface area contributed by atoms with E-state index < -0.39 is 11.9 Å². The number of carbonyl (C=O) groups excluding carboxylic acids is 2. The van der Waals surface area contributed by atoms with Crippen molar-refractivity contribution >= 4 is 29.2 Å². The lowest BCUT2D eigenvalue weighted by molar-refractivity contribution is -0.119. The molecule has 0 unspecified atom stereocenters. The summed E-state index contributed by atoms with van der Waals surface area (Å²) < 4.78 is 4.96. The van der Waals surface area contributed by atoms with Crippen molar-refractivity contribution in [3.63, 3.8) is 0 Å². The summed E-state index contributed by atoms with van der Waals surface area (Å²) in [6.07, 6.45) is 0. The van der Waals surface area contributed by atoms with Gasteiger partial charge in [0, 0.05) is 10.7 Å². The normalized spacial score (nSPS) is 10.0. The minimum atomic E-state index is -0.528. The monoisotopic (exact) mass is 303 g/mol. The van der Waals surface area contributed by atoms with Crippen LogP contribution in [0.5, 0.6) is 0 Å². The summed E-state index contributed by atoms with van der Waals surface area (Å²) in [7, 11) is 0. The van der Waals surface area contributed by atoms with Gasteiger partial charge in [0.05, 0.1) is 5.56 Å². The molecule has 0 atom stereocenters. The number of aryl methyl sites for hydroxylation is 1. The molecule has 0 aliphatic carbocycles. The van der Waals surface area contributed by atoms with E-state index in [1.165, 1.54) is 0 Å². The quantitative estimate of drug-likeness (QED) is 0.880. The lowest BCUT2D eigenvalue weighted by atomic mass is 10.1. The van der Waals surface area contributed by atoms with Crippen molar-refractivity contribution in [2.75, 3.05) is 11.9 Å².